The first kappa shape index (κ1) is 51.4. The first-order chi connectivity index (χ1) is 31.1. The van der Waals surface area contributed by atoms with Crippen LogP contribution in [-0.2, 0) is 6.42 Å². The van der Waals surface area contributed by atoms with Crippen LogP contribution in [0, 0.1) is 5.92 Å². The standard InChI is InChI=1S/C14H22BClN4O.C14H21BClN3O.C9H19BN2O.C4H2Cl2N2.CH3F/c1-15(21)20-10-4-3-5-11(20)9-12(8-10)19(2)14-7-6-13(16)17-18-14;1-15(20)19-12-3-2-4-13(19)9-10(8-12)7-11-5-6-14(16)18-17-11;1-10(13)12-8-3-2-4-9(12)6-7(11)5-8;5-3-1-2-4(6)8-7-3;1-2/h6-7,10-12,21H,3-5,8-9H2,1-2H3;5-6,10,12-13,20H,2-4,7-9H2,1H3;7-9,13H,2-6,11H2,1H3;1-2H;1H3/t10-,11+,12?;10?,12-,13+;7?,8-,9+;;/i;;;;1D. The number of alkyl halides is 1. The lowest BCUT2D eigenvalue weighted by molar-refractivity contribution is 0.0691. The Hall–Kier alpha value is -1.96. The van der Waals surface area contributed by atoms with Crippen LogP contribution >= 0.6 is 46.4 Å². The molecule has 0 saturated carbocycles. The summed E-state index contributed by atoms with van der Waals surface area (Å²) in [5, 5.41) is 54.4. The molecule has 5 N–H and O–H groups in total. The van der Waals surface area contributed by atoms with Gasteiger partial charge in [-0.25, -0.2) is 0 Å². The van der Waals surface area contributed by atoms with Gasteiger partial charge in [0, 0.05) is 55.4 Å². The second-order valence-electron chi connectivity index (χ2n) is 18.2. The number of nitrogens with zero attached hydrogens (tertiary/aromatic N) is 10. The predicted octanol–water partition coefficient (Wildman–Crippen LogP) is 7.29. The maximum Gasteiger partial charge on any atom is 0.376 e. The first-order valence-electron chi connectivity index (χ1n) is 23.6. The third kappa shape index (κ3) is 15.0. The fourth-order valence-corrected chi connectivity index (χ4v) is 11.8. The number of aromatic nitrogens is 6. The Bertz CT molecular complexity index is 1770. The van der Waals surface area contributed by atoms with E-state index >= 15 is 0 Å². The highest BCUT2D eigenvalue weighted by Gasteiger charge is 2.44. The molecule has 0 amide bonds. The molecule has 3 aromatic heterocycles. The lowest BCUT2D eigenvalue weighted by atomic mass is 9.68. The van der Waals surface area contributed by atoms with E-state index < -0.39 is 7.15 Å². The van der Waals surface area contributed by atoms with Crippen molar-refractivity contribution in [3.8, 4) is 0 Å². The molecule has 6 aliphatic heterocycles. The predicted molar refractivity (Wildman–Crippen MR) is 260 cm³/mol. The van der Waals surface area contributed by atoms with Crippen LogP contribution in [0.1, 0.15) is 103 Å². The van der Waals surface area contributed by atoms with Crippen molar-refractivity contribution >= 4 is 73.4 Å². The number of anilines is 1. The van der Waals surface area contributed by atoms with Gasteiger partial charge in [-0.2, -0.15) is 5.10 Å². The van der Waals surface area contributed by atoms with Crippen LogP contribution in [0.4, 0.5) is 10.2 Å². The SMILES string of the molecule is CB(O)N1[C@@H]2CCC[C@H]1CC(Cc1ccc(Cl)nn1)C2.CB(O)N1[C@@H]2CCC[C@H]1CC(N(C)c1ccc(Cl)nn1)C2.CB(O)N1[C@@H]2CCC[C@H]1CC(N)C2.Clc1ccc(Cl)nn1.[2H]CF. The second-order valence-corrected chi connectivity index (χ2v) is 19.8. The Morgan fingerprint density at radius 1 is 0.609 bits per heavy atom. The van der Waals surface area contributed by atoms with Gasteiger partial charge in [-0.05, 0) is 146 Å². The summed E-state index contributed by atoms with van der Waals surface area (Å²) in [4.78, 5) is 9.12. The molecule has 6 fully saturated rings. The van der Waals surface area contributed by atoms with E-state index in [0.717, 1.165) is 56.5 Å². The highest BCUT2D eigenvalue weighted by molar-refractivity contribution is 6.46. The zero-order valence-corrected chi connectivity index (χ0v) is 40.7. The maximum absolute atomic E-state index is 10.0. The van der Waals surface area contributed by atoms with Crippen molar-refractivity contribution in [2.24, 2.45) is 11.7 Å². The number of hydrogen-bond donors (Lipinski definition) is 4. The molecule has 6 bridgehead atoms. The summed E-state index contributed by atoms with van der Waals surface area (Å²) in [6.07, 6.45) is 18.7. The summed E-state index contributed by atoms with van der Waals surface area (Å²) in [7, 11) is 0.127. The minimum absolute atomic E-state index is 0.289. The molecule has 0 aliphatic carbocycles. The summed E-state index contributed by atoms with van der Waals surface area (Å²) < 4.78 is 15.5. The topological polar surface area (TPSA) is 177 Å². The molecule has 64 heavy (non-hydrogen) atoms. The van der Waals surface area contributed by atoms with E-state index in [9.17, 15) is 19.5 Å². The number of halogens is 5. The lowest BCUT2D eigenvalue weighted by Crippen LogP contribution is -2.60. The van der Waals surface area contributed by atoms with Gasteiger partial charge in [0.05, 0.1) is 14.2 Å². The third-order valence-electron chi connectivity index (χ3n) is 13.8. The summed E-state index contributed by atoms with van der Waals surface area (Å²) >= 11 is 22.3. The van der Waals surface area contributed by atoms with Crippen molar-refractivity contribution in [2.45, 2.75) is 172 Å². The quantitative estimate of drug-likeness (QED) is 0.174. The average molecular weight is 968 g/mol. The Morgan fingerprint density at radius 2 is 0.953 bits per heavy atom. The molecule has 9 heterocycles. The normalized spacial score (nSPS) is 28.7. The molecule has 0 radical (unpaired) electrons. The number of piperidine rings is 6. The molecule has 0 aromatic carbocycles. The van der Waals surface area contributed by atoms with Crippen molar-refractivity contribution in [2.75, 3.05) is 19.1 Å². The molecule has 3 unspecified atom stereocenters. The van der Waals surface area contributed by atoms with Crippen LogP contribution in [0.25, 0.3) is 0 Å². The molecule has 0 spiro atoms. The molecule has 6 saturated heterocycles. The van der Waals surface area contributed by atoms with Gasteiger partial charge in [-0.3, -0.25) is 4.39 Å². The lowest BCUT2D eigenvalue weighted by Gasteiger charge is -2.51. The molecule has 3 aromatic rings. The molecule has 9 rings (SSSR count). The zero-order valence-electron chi connectivity index (χ0n) is 38.7. The highest BCUT2D eigenvalue weighted by atomic mass is 35.5. The van der Waals surface area contributed by atoms with E-state index in [1.54, 1.807) is 18.2 Å². The molecule has 14 nitrogen and oxygen atoms in total. The van der Waals surface area contributed by atoms with Gasteiger partial charge in [0.1, 0.15) is 0 Å². The Morgan fingerprint density at radius 3 is 1.30 bits per heavy atom. The zero-order chi connectivity index (χ0) is 47.2. The van der Waals surface area contributed by atoms with Crippen molar-refractivity contribution in [1.82, 2.24) is 45.0 Å². The van der Waals surface area contributed by atoms with Crippen molar-refractivity contribution in [3.63, 3.8) is 0 Å². The van der Waals surface area contributed by atoms with E-state index in [0.29, 0.717) is 74.9 Å². The van der Waals surface area contributed by atoms with E-state index in [2.05, 4.69) is 57.0 Å². The second kappa shape index (κ2) is 26.0. The molecular weight excluding hydrogens is 900 g/mol. The molecule has 352 valence electrons. The Balaban J connectivity index is 0.000000167. The van der Waals surface area contributed by atoms with Gasteiger partial charge in [0.2, 0.25) is 0 Å². The Kier molecular flexibility index (Phi) is 20.9. The fraction of sp³-hybridized carbons (Fsp3) is 0.714. The third-order valence-corrected chi connectivity index (χ3v) is 14.6. The largest absolute Gasteiger partial charge is 0.437 e. The summed E-state index contributed by atoms with van der Waals surface area (Å²) in [6, 6.07) is 14.6. The number of rotatable bonds is 7. The van der Waals surface area contributed by atoms with Crippen molar-refractivity contribution < 1.29 is 20.8 Å². The van der Waals surface area contributed by atoms with Gasteiger partial charge in [0.25, 0.3) is 0 Å². The van der Waals surface area contributed by atoms with Gasteiger partial charge in [0.15, 0.2) is 26.4 Å². The van der Waals surface area contributed by atoms with Crippen LogP contribution in [0.15, 0.2) is 36.4 Å². The van der Waals surface area contributed by atoms with E-state index in [1.165, 1.54) is 57.8 Å². The van der Waals surface area contributed by atoms with Crippen LogP contribution in [-0.4, -0.2) is 144 Å². The van der Waals surface area contributed by atoms with Crippen molar-refractivity contribution in [1.29, 1.82) is 0 Å². The van der Waals surface area contributed by atoms with Gasteiger partial charge in [-0.1, -0.05) is 65.7 Å². The number of hydrogen-bond acceptors (Lipinski definition) is 14. The van der Waals surface area contributed by atoms with E-state index in [4.69, 9.17) is 53.5 Å². The van der Waals surface area contributed by atoms with Gasteiger partial charge in [-0.15, -0.1) is 25.5 Å². The number of fused-ring (bicyclic) bond motifs is 6. The minimum atomic E-state index is -1.00. The Labute approximate surface area is 402 Å². The molecule has 6 aliphatic rings. The monoisotopic (exact) mass is 966 g/mol. The maximum atomic E-state index is 10.0. The summed E-state index contributed by atoms with van der Waals surface area (Å²) in [5.41, 5.74) is 7.01. The first-order valence-corrected chi connectivity index (χ1v) is 24.4. The minimum Gasteiger partial charge on any atom is -0.437 e. The summed E-state index contributed by atoms with van der Waals surface area (Å²) in [6.45, 7) is 5.67. The van der Waals surface area contributed by atoms with Crippen molar-refractivity contribution in [3.05, 3.63) is 62.7 Å². The fourth-order valence-electron chi connectivity index (χ4n) is 11.4. The molecular formula is C42H67B3Cl4FN11O3. The average Bonchev–Trinajstić information content (AvgIpc) is 3.25. The van der Waals surface area contributed by atoms with Crippen LogP contribution in [0.3, 0.4) is 0 Å². The van der Waals surface area contributed by atoms with E-state index in [-0.39, 0.29) is 21.2 Å². The van der Waals surface area contributed by atoms with E-state index in [1.807, 2.05) is 38.7 Å². The summed E-state index contributed by atoms with van der Waals surface area (Å²) in [5.74, 6) is 1.52. The number of nitrogens with two attached hydrogens (primary N) is 1. The molecule has 9 atom stereocenters. The van der Waals surface area contributed by atoms with Crippen LogP contribution < -0.4 is 10.6 Å². The van der Waals surface area contributed by atoms with Gasteiger partial charge < -0.3 is 40.1 Å². The van der Waals surface area contributed by atoms with Crippen LogP contribution in [0.2, 0.25) is 41.1 Å². The van der Waals surface area contributed by atoms with Crippen LogP contribution in [0.5, 0.6) is 0 Å². The molecule has 22 heteroatoms. The highest BCUT2D eigenvalue weighted by Crippen LogP contribution is 2.39. The smallest absolute Gasteiger partial charge is 0.376 e. The van der Waals surface area contributed by atoms with Gasteiger partial charge >= 0.3 is 21.2 Å².